The van der Waals surface area contributed by atoms with E-state index in [1.807, 2.05) is 24.3 Å². The molecule has 0 saturated carbocycles. The number of benzene rings is 2. The molecule has 160 valence electrons. The van der Waals surface area contributed by atoms with Crippen LogP contribution in [0.2, 0.25) is 0 Å². The highest BCUT2D eigenvalue weighted by molar-refractivity contribution is 7.95. The molecule has 1 atom stereocenters. The minimum absolute atomic E-state index is 0.0437. The van der Waals surface area contributed by atoms with Gasteiger partial charge in [-0.2, -0.15) is 5.26 Å². The molecule has 0 spiro atoms. The first-order chi connectivity index (χ1) is 14.5. The zero-order valence-electron chi connectivity index (χ0n) is 17.7. The van der Waals surface area contributed by atoms with Crippen molar-refractivity contribution in [2.45, 2.75) is 38.5 Å². The van der Waals surface area contributed by atoms with Gasteiger partial charge in [-0.15, -0.1) is 0 Å². The van der Waals surface area contributed by atoms with Gasteiger partial charge in [0.2, 0.25) is 0 Å². The molecule has 7 heteroatoms. The van der Waals surface area contributed by atoms with Gasteiger partial charge in [0.25, 0.3) is 0 Å². The van der Waals surface area contributed by atoms with Gasteiger partial charge in [-0.05, 0) is 40.8 Å². The van der Waals surface area contributed by atoms with Crippen LogP contribution in [-0.2, 0) is 15.3 Å². The normalized spacial score (nSPS) is 20.6. The summed E-state index contributed by atoms with van der Waals surface area (Å²) in [6.07, 6.45) is 0.283. The number of sulfone groups is 1. The monoisotopic (exact) mass is 437 g/mol. The van der Waals surface area contributed by atoms with Crippen molar-refractivity contribution < 1.29 is 12.8 Å². The van der Waals surface area contributed by atoms with Gasteiger partial charge in [0.15, 0.2) is 9.84 Å². The maximum atomic E-state index is 13.5. The van der Waals surface area contributed by atoms with Gasteiger partial charge in [0.05, 0.1) is 28.2 Å². The predicted molar refractivity (Wildman–Crippen MR) is 119 cm³/mol. The number of rotatable bonds is 2. The highest BCUT2D eigenvalue weighted by atomic mass is 32.2. The Morgan fingerprint density at radius 1 is 1.10 bits per heavy atom. The van der Waals surface area contributed by atoms with Crippen molar-refractivity contribution in [3.8, 4) is 6.07 Å². The van der Waals surface area contributed by atoms with E-state index in [0.29, 0.717) is 16.9 Å². The Morgan fingerprint density at radius 3 is 2.26 bits per heavy atom. The summed E-state index contributed by atoms with van der Waals surface area (Å²) in [5.74, 6) is -1.03. The number of nitrogens with zero attached hydrogens (tertiary/aromatic N) is 2. The largest absolute Gasteiger partial charge is 0.384 e. The second kappa shape index (κ2) is 7.24. The molecule has 0 radical (unpaired) electrons. The lowest BCUT2D eigenvalue weighted by molar-refractivity contribution is 0.589. The van der Waals surface area contributed by atoms with E-state index in [2.05, 4.69) is 26.8 Å². The van der Waals surface area contributed by atoms with Crippen LogP contribution >= 0.6 is 0 Å². The summed E-state index contributed by atoms with van der Waals surface area (Å²) in [7, 11) is -3.58. The second-order valence-electron chi connectivity index (χ2n) is 8.91. The number of halogens is 1. The fourth-order valence-corrected chi connectivity index (χ4v) is 6.10. The average Bonchev–Trinajstić information content (AvgIpc) is 3.02. The minimum Gasteiger partial charge on any atom is -0.384 e. The van der Waals surface area contributed by atoms with Crippen molar-refractivity contribution in [3.05, 3.63) is 87.5 Å². The van der Waals surface area contributed by atoms with Crippen LogP contribution in [0.1, 0.15) is 44.2 Å². The van der Waals surface area contributed by atoms with E-state index in [0.717, 1.165) is 5.56 Å². The van der Waals surface area contributed by atoms with Gasteiger partial charge in [0, 0.05) is 17.8 Å². The predicted octanol–water partition coefficient (Wildman–Crippen LogP) is 4.45. The van der Waals surface area contributed by atoms with Crippen molar-refractivity contribution in [3.63, 3.8) is 0 Å². The molecule has 1 unspecified atom stereocenters. The Labute approximate surface area is 182 Å². The van der Waals surface area contributed by atoms with Crippen molar-refractivity contribution in [1.82, 2.24) is 0 Å². The van der Waals surface area contributed by atoms with Crippen LogP contribution in [-0.4, -0.2) is 14.2 Å². The zero-order chi connectivity index (χ0) is 22.6. The first kappa shape index (κ1) is 21.1. The molecule has 2 aromatic rings. The summed E-state index contributed by atoms with van der Waals surface area (Å²) in [6.45, 7) is 6.30. The number of anilines is 1. The lowest BCUT2D eigenvalue weighted by Crippen LogP contribution is -2.34. The van der Waals surface area contributed by atoms with Crippen LogP contribution < -0.4 is 10.6 Å². The maximum Gasteiger partial charge on any atom is 0.177 e. The summed E-state index contributed by atoms with van der Waals surface area (Å²) >= 11 is 0. The van der Waals surface area contributed by atoms with E-state index in [1.165, 1.54) is 24.3 Å². The first-order valence-electron chi connectivity index (χ1n) is 10.1. The lowest BCUT2D eigenvalue weighted by atomic mass is 9.83. The Balaban J connectivity index is 1.92. The van der Waals surface area contributed by atoms with E-state index in [-0.39, 0.29) is 33.9 Å². The molecule has 31 heavy (non-hydrogen) atoms. The third-order valence-corrected chi connectivity index (χ3v) is 7.76. The van der Waals surface area contributed by atoms with E-state index in [9.17, 15) is 18.1 Å². The molecule has 2 aromatic carbocycles. The van der Waals surface area contributed by atoms with E-state index >= 15 is 0 Å². The van der Waals surface area contributed by atoms with Crippen molar-refractivity contribution >= 4 is 15.5 Å². The fourth-order valence-electron chi connectivity index (χ4n) is 4.26. The van der Waals surface area contributed by atoms with Crippen LogP contribution in [0.3, 0.4) is 0 Å². The molecule has 4 rings (SSSR count). The number of allylic oxidation sites excluding steroid dienone is 3. The molecule has 2 aliphatic heterocycles. The molecular formula is C24H24FN3O2S. The summed E-state index contributed by atoms with van der Waals surface area (Å²) in [5.41, 5.74) is 9.46. The molecule has 5 nitrogen and oxygen atoms in total. The zero-order valence-corrected chi connectivity index (χ0v) is 18.5. The Bertz CT molecular complexity index is 1250. The molecular weight excluding hydrogens is 413 g/mol. The summed E-state index contributed by atoms with van der Waals surface area (Å²) in [6, 6.07) is 15.5. The van der Waals surface area contributed by atoms with Gasteiger partial charge in [-0.25, -0.2) is 12.8 Å². The van der Waals surface area contributed by atoms with Crippen LogP contribution in [0, 0.1) is 17.1 Å². The fraction of sp³-hybridized carbons (Fsp3) is 0.292. The van der Waals surface area contributed by atoms with Crippen LogP contribution in [0.4, 0.5) is 10.1 Å². The molecule has 0 fully saturated rings. The van der Waals surface area contributed by atoms with E-state index in [4.69, 9.17) is 5.73 Å². The van der Waals surface area contributed by atoms with Gasteiger partial charge in [0.1, 0.15) is 11.6 Å². The Hall–Kier alpha value is -3.11. The van der Waals surface area contributed by atoms with Crippen LogP contribution in [0.25, 0.3) is 0 Å². The number of hydrogen-bond donors (Lipinski definition) is 1. The highest BCUT2D eigenvalue weighted by Gasteiger charge is 2.45. The molecule has 0 saturated heterocycles. The maximum absolute atomic E-state index is 13.5. The van der Waals surface area contributed by atoms with Gasteiger partial charge in [-0.3, -0.25) is 4.90 Å². The summed E-state index contributed by atoms with van der Waals surface area (Å²) in [4.78, 5) is 1.80. The van der Waals surface area contributed by atoms with Crippen molar-refractivity contribution in [1.29, 1.82) is 5.26 Å². The van der Waals surface area contributed by atoms with Gasteiger partial charge >= 0.3 is 0 Å². The Kier molecular flexibility index (Phi) is 4.94. The van der Waals surface area contributed by atoms with Crippen LogP contribution in [0.15, 0.2) is 70.5 Å². The van der Waals surface area contributed by atoms with Gasteiger partial charge in [-0.1, -0.05) is 45.0 Å². The molecule has 2 aliphatic rings. The number of hydrogen-bond acceptors (Lipinski definition) is 5. The van der Waals surface area contributed by atoms with Crippen molar-refractivity contribution in [2.75, 3.05) is 10.7 Å². The minimum atomic E-state index is -3.58. The average molecular weight is 438 g/mol. The Morgan fingerprint density at radius 2 is 1.71 bits per heavy atom. The van der Waals surface area contributed by atoms with Gasteiger partial charge < -0.3 is 5.73 Å². The number of nitriles is 1. The third kappa shape index (κ3) is 3.51. The molecule has 0 aromatic heterocycles. The van der Waals surface area contributed by atoms with Crippen LogP contribution in [0.5, 0.6) is 0 Å². The topological polar surface area (TPSA) is 87.2 Å². The highest BCUT2D eigenvalue weighted by Crippen LogP contribution is 2.48. The first-order valence-corrected chi connectivity index (χ1v) is 11.7. The lowest BCUT2D eigenvalue weighted by Gasteiger charge is -2.35. The summed E-state index contributed by atoms with van der Waals surface area (Å²) < 4.78 is 39.6. The van der Waals surface area contributed by atoms with E-state index in [1.54, 1.807) is 4.90 Å². The summed E-state index contributed by atoms with van der Waals surface area (Å²) in [5, 5.41) is 9.98. The van der Waals surface area contributed by atoms with Crippen molar-refractivity contribution in [2.24, 2.45) is 5.73 Å². The molecule has 0 bridgehead atoms. The molecule has 2 N–H and O–H groups in total. The second-order valence-corrected chi connectivity index (χ2v) is 11.0. The SMILES string of the molecule is CC(C)(C)c1ccc(C2C(C#N)=C(N)N(c3ccc(F)cc3)C3=C2S(=O)(=O)CC3)cc1. The molecule has 2 heterocycles. The number of nitrogens with two attached hydrogens (primary N) is 1. The van der Waals surface area contributed by atoms with E-state index < -0.39 is 21.6 Å². The third-order valence-electron chi connectivity index (χ3n) is 5.88. The molecule has 0 amide bonds. The smallest absolute Gasteiger partial charge is 0.177 e. The molecule has 0 aliphatic carbocycles. The quantitative estimate of drug-likeness (QED) is 0.750. The standard InChI is InChI=1S/C24H24FN3O2S/c1-24(2,3)16-6-4-15(5-7-16)21-19(14-26)23(27)28(18-10-8-17(25)9-11-18)20-12-13-31(29,30)22(20)21/h4-11,21H,12-13,27H2,1-3H3.